The summed E-state index contributed by atoms with van der Waals surface area (Å²) >= 11 is 0. The van der Waals surface area contributed by atoms with Gasteiger partial charge < -0.3 is 9.84 Å². The minimum Gasteiger partial charge on any atom is -0.469 e. The number of carbonyl (C=O) groups excluding carboxylic acids is 1. The van der Waals surface area contributed by atoms with Gasteiger partial charge in [-0.25, -0.2) is 4.89 Å². The highest BCUT2D eigenvalue weighted by Gasteiger charge is 2.49. The Morgan fingerprint density at radius 2 is 1.77 bits per heavy atom. The molecule has 1 aromatic carbocycles. The van der Waals surface area contributed by atoms with Gasteiger partial charge in [-0.05, 0) is 44.1 Å². The number of esters is 1. The number of methoxy groups -OCH3 is 1. The molecule has 5 nitrogen and oxygen atoms in total. The fraction of sp³-hybridized carbons (Fsp3) is 0.731. The second kappa shape index (κ2) is 12.6. The molecule has 0 saturated carbocycles. The quantitative estimate of drug-likeness (QED) is 0.235. The van der Waals surface area contributed by atoms with E-state index in [1.165, 1.54) is 64.0 Å². The fourth-order valence-corrected chi connectivity index (χ4v) is 4.71. The number of aliphatic hydroxyl groups is 1. The summed E-state index contributed by atoms with van der Waals surface area (Å²) in [7, 11) is 1.30. The first-order valence-corrected chi connectivity index (χ1v) is 12.0. The van der Waals surface area contributed by atoms with Crippen molar-refractivity contribution in [1.82, 2.24) is 0 Å². The van der Waals surface area contributed by atoms with Crippen molar-refractivity contribution in [2.75, 3.05) is 7.11 Å². The van der Waals surface area contributed by atoms with E-state index in [1.54, 1.807) is 0 Å². The molecule has 176 valence electrons. The highest BCUT2D eigenvalue weighted by Crippen LogP contribution is 2.41. The molecule has 1 N–H and O–H groups in total. The Balaban J connectivity index is 1.57. The molecule has 1 aromatic rings. The fourth-order valence-electron chi connectivity index (χ4n) is 4.71. The van der Waals surface area contributed by atoms with Gasteiger partial charge in [-0.1, -0.05) is 82.7 Å². The van der Waals surface area contributed by atoms with Crippen molar-refractivity contribution < 1.29 is 24.4 Å². The van der Waals surface area contributed by atoms with Gasteiger partial charge in [0.15, 0.2) is 0 Å². The summed E-state index contributed by atoms with van der Waals surface area (Å²) in [4.78, 5) is 22.5. The Kier molecular flexibility index (Phi) is 10.5. The average molecular weight is 435 g/mol. The molecule has 4 atom stereocenters. The number of ether oxygens (including phenoxy) is 1. The molecule has 1 aliphatic heterocycles. The molecule has 0 aliphatic carbocycles. The van der Waals surface area contributed by atoms with Gasteiger partial charge in [-0.15, -0.1) is 0 Å². The lowest BCUT2D eigenvalue weighted by Crippen LogP contribution is -2.52. The van der Waals surface area contributed by atoms with Crippen LogP contribution in [0.5, 0.6) is 0 Å². The van der Waals surface area contributed by atoms with Gasteiger partial charge in [0.2, 0.25) is 5.79 Å². The van der Waals surface area contributed by atoms with Crippen molar-refractivity contribution in [2.45, 2.75) is 103 Å². The molecule has 1 fully saturated rings. The number of unbranched alkanes of at least 4 members (excludes halogenated alkanes) is 5. The van der Waals surface area contributed by atoms with E-state index in [9.17, 15) is 9.90 Å². The average Bonchev–Trinajstić information content (AvgIpc) is 2.74. The first-order valence-electron chi connectivity index (χ1n) is 12.0. The van der Waals surface area contributed by atoms with Crippen LogP contribution in [-0.2, 0) is 25.7 Å². The Hall–Kier alpha value is -1.43. The van der Waals surface area contributed by atoms with Crippen LogP contribution in [0.25, 0.3) is 0 Å². The summed E-state index contributed by atoms with van der Waals surface area (Å²) in [5.74, 6) is -1.81. The van der Waals surface area contributed by atoms with Crippen LogP contribution in [-0.4, -0.2) is 29.6 Å². The number of carbonyl (C=O) groups is 1. The lowest BCUT2D eigenvalue weighted by Gasteiger charge is -2.45. The van der Waals surface area contributed by atoms with Crippen LogP contribution >= 0.6 is 0 Å². The Labute approximate surface area is 188 Å². The van der Waals surface area contributed by atoms with Crippen LogP contribution in [0.3, 0.4) is 0 Å². The van der Waals surface area contributed by atoms with Gasteiger partial charge in [0.05, 0.1) is 7.11 Å². The third-order valence-corrected chi connectivity index (χ3v) is 6.56. The second-order valence-corrected chi connectivity index (χ2v) is 9.77. The standard InChI is InChI=1S/C26H42O5/c1-21(14-10-7-5-6-8-11-15-23-16-12-9-13-17-23)18-25(3)19-22(2)26(28,31-30-25)20-24(27)29-4/h9,12-13,16-17,21-22,28H,5-8,10-11,14-15,18-20H2,1-4H3. The van der Waals surface area contributed by atoms with Crippen LogP contribution in [0, 0.1) is 11.8 Å². The molecule has 0 spiro atoms. The van der Waals surface area contributed by atoms with Gasteiger partial charge in [0.1, 0.15) is 12.0 Å². The molecule has 1 heterocycles. The summed E-state index contributed by atoms with van der Waals surface area (Å²) in [6, 6.07) is 10.7. The van der Waals surface area contributed by atoms with Crippen LogP contribution < -0.4 is 0 Å². The normalized spacial score (nSPS) is 27.1. The molecule has 2 rings (SSSR count). The Morgan fingerprint density at radius 1 is 1.13 bits per heavy atom. The number of hydrogen-bond donors (Lipinski definition) is 1. The molecule has 31 heavy (non-hydrogen) atoms. The molecule has 0 amide bonds. The summed E-state index contributed by atoms with van der Waals surface area (Å²) in [6.45, 7) is 6.19. The van der Waals surface area contributed by atoms with E-state index < -0.39 is 17.4 Å². The van der Waals surface area contributed by atoms with Gasteiger partial charge in [0, 0.05) is 5.92 Å². The zero-order valence-corrected chi connectivity index (χ0v) is 19.9. The molecule has 4 unspecified atom stereocenters. The van der Waals surface area contributed by atoms with Crippen LogP contribution in [0.1, 0.15) is 90.5 Å². The second-order valence-electron chi connectivity index (χ2n) is 9.77. The molecular weight excluding hydrogens is 392 g/mol. The molecule has 5 heteroatoms. The maximum atomic E-state index is 11.5. The largest absolute Gasteiger partial charge is 0.469 e. The van der Waals surface area contributed by atoms with Crippen molar-refractivity contribution in [1.29, 1.82) is 0 Å². The molecule has 0 radical (unpaired) electrons. The summed E-state index contributed by atoms with van der Waals surface area (Å²) in [5, 5.41) is 10.6. The molecule has 1 aliphatic rings. The van der Waals surface area contributed by atoms with Crippen molar-refractivity contribution in [3.8, 4) is 0 Å². The number of aryl methyl sites for hydroxylation is 1. The summed E-state index contributed by atoms with van der Waals surface area (Å²) in [6.07, 6.45) is 11.4. The predicted octanol–water partition coefficient (Wildman–Crippen LogP) is 5.98. The van der Waals surface area contributed by atoms with Crippen LogP contribution in [0.2, 0.25) is 0 Å². The Morgan fingerprint density at radius 3 is 2.42 bits per heavy atom. The molecular formula is C26H42O5. The predicted molar refractivity (Wildman–Crippen MR) is 122 cm³/mol. The first-order chi connectivity index (χ1) is 14.8. The van der Waals surface area contributed by atoms with E-state index >= 15 is 0 Å². The van der Waals surface area contributed by atoms with Crippen LogP contribution in [0.4, 0.5) is 0 Å². The van der Waals surface area contributed by atoms with Gasteiger partial charge >= 0.3 is 5.97 Å². The molecule has 0 bridgehead atoms. The molecule has 1 saturated heterocycles. The van der Waals surface area contributed by atoms with Crippen molar-refractivity contribution >= 4 is 5.97 Å². The van der Waals surface area contributed by atoms with Crippen molar-refractivity contribution in [2.24, 2.45) is 11.8 Å². The van der Waals surface area contributed by atoms with Gasteiger partial charge in [-0.3, -0.25) is 4.79 Å². The van der Waals surface area contributed by atoms with E-state index in [0.29, 0.717) is 12.3 Å². The number of hydrogen-bond acceptors (Lipinski definition) is 5. The van der Waals surface area contributed by atoms with E-state index in [2.05, 4.69) is 42.0 Å². The molecule has 0 aromatic heterocycles. The number of benzene rings is 1. The smallest absolute Gasteiger partial charge is 0.311 e. The SMILES string of the molecule is COC(=O)CC1(O)OOC(C)(CC(C)CCCCCCCCc2ccccc2)CC1C. The zero-order chi connectivity index (χ0) is 22.7. The van der Waals surface area contributed by atoms with E-state index in [0.717, 1.165) is 6.42 Å². The van der Waals surface area contributed by atoms with E-state index in [4.69, 9.17) is 9.78 Å². The topological polar surface area (TPSA) is 65.0 Å². The first kappa shape index (κ1) is 25.8. The highest BCUT2D eigenvalue weighted by atomic mass is 17.2. The van der Waals surface area contributed by atoms with E-state index in [-0.39, 0.29) is 12.3 Å². The third-order valence-electron chi connectivity index (χ3n) is 6.56. The minimum atomic E-state index is -1.61. The lowest BCUT2D eigenvalue weighted by molar-refractivity contribution is -0.497. The van der Waals surface area contributed by atoms with Crippen molar-refractivity contribution in [3.05, 3.63) is 35.9 Å². The maximum Gasteiger partial charge on any atom is 0.311 e. The van der Waals surface area contributed by atoms with Crippen LogP contribution in [0.15, 0.2) is 30.3 Å². The summed E-state index contributed by atoms with van der Waals surface area (Å²) < 4.78 is 4.65. The highest BCUT2D eigenvalue weighted by molar-refractivity contribution is 5.70. The summed E-state index contributed by atoms with van der Waals surface area (Å²) in [5.41, 5.74) is 0.996. The zero-order valence-electron chi connectivity index (χ0n) is 19.9. The maximum absolute atomic E-state index is 11.5. The van der Waals surface area contributed by atoms with Crippen molar-refractivity contribution in [3.63, 3.8) is 0 Å². The lowest BCUT2D eigenvalue weighted by atomic mass is 9.79. The minimum absolute atomic E-state index is 0.214. The number of rotatable bonds is 13. The third kappa shape index (κ3) is 8.91. The Bertz CT molecular complexity index is 648. The van der Waals surface area contributed by atoms with E-state index in [1.807, 2.05) is 13.8 Å². The van der Waals surface area contributed by atoms with Gasteiger partial charge in [-0.2, -0.15) is 4.89 Å². The monoisotopic (exact) mass is 434 g/mol. The van der Waals surface area contributed by atoms with Gasteiger partial charge in [0.25, 0.3) is 0 Å².